The van der Waals surface area contributed by atoms with Gasteiger partial charge in [0.2, 0.25) is 0 Å². The number of hydrogen-bond donors (Lipinski definition) is 1. The first kappa shape index (κ1) is 5.34. The molecule has 0 atom stereocenters. The van der Waals surface area contributed by atoms with Gasteiger partial charge in [0.25, 0.3) is 0 Å². The van der Waals surface area contributed by atoms with Gasteiger partial charge in [-0.25, -0.2) is 10.7 Å². The van der Waals surface area contributed by atoms with Crippen molar-refractivity contribution in [1.29, 1.82) is 0 Å². The van der Waals surface area contributed by atoms with E-state index in [1.807, 2.05) is 0 Å². The predicted molar refractivity (Wildman–Crippen MR) is 27.9 cm³/mol. The van der Waals surface area contributed by atoms with Crippen LogP contribution >= 0.6 is 0 Å². The number of nitrogens with two attached hydrogens (primary N) is 1. The lowest BCUT2D eigenvalue weighted by molar-refractivity contribution is 0.0193. The third-order valence-electron chi connectivity index (χ3n) is 0.722. The summed E-state index contributed by atoms with van der Waals surface area (Å²) in [4.78, 5) is 4.25. The number of allylic oxidation sites excluding steroid dienone is 2. The van der Waals surface area contributed by atoms with Crippen molar-refractivity contribution >= 4 is 0 Å². The molecule has 43 valence electrons. The average molecular weight is 112 g/mol. The lowest BCUT2D eigenvalue weighted by atomic mass is 10.4. The summed E-state index contributed by atoms with van der Waals surface area (Å²) in [7, 11) is 0. The quantitative estimate of drug-likeness (QED) is 0.501. The van der Waals surface area contributed by atoms with Crippen LogP contribution in [0.4, 0.5) is 0 Å². The van der Waals surface area contributed by atoms with Crippen molar-refractivity contribution in [1.82, 2.24) is 0 Å². The van der Waals surface area contributed by atoms with Crippen LogP contribution in [0.15, 0.2) is 24.5 Å². The van der Waals surface area contributed by atoms with Crippen LogP contribution in [0.1, 0.15) is 0 Å². The largest absolute Gasteiger partial charge is 0.459 e. The van der Waals surface area contributed by atoms with Gasteiger partial charge < -0.3 is 4.74 Å². The highest BCUT2D eigenvalue weighted by atomic mass is 16.7. The van der Waals surface area contributed by atoms with Crippen LogP contribution in [0.3, 0.4) is 0 Å². The molecule has 3 heteroatoms. The summed E-state index contributed by atoms with van der Waals surface area (Å²) in [5, 5.41) is 0. The molecule has 1 aliphatic rings. The third kappa shape index (κ3) is 1.08. The molecular formula is C5H6NO2. The highest BCUT2D eigenvalue weighted by molar-refractivity contribution is 5.11. The molecule has 1 rings (SSSR count). The van der Waals surface area contributed by atoms with Gasteiger partial charge >= 0.3 is 6.29 Å². The van der Waals surface area contributed by atoms with E-state index >= 15 is 0 Å². The molecule has 0 bridgehead atoms. The standard InChI is InChI=1S/C5H6NO2/c6-8-5-3-1-2-4-7-5/h1-4H,6H2. The maximum absolute atomic E-state index is 4.76. The molecule has 0 amide bonds. The van der Waals surface area contributed by atoms with Gasteiger partial charge in [0, 0.05) is 0 Å². The zero-order valence-electron chi connectivity index (χ0n) is 4.20. The van der Waals surface area contributed by atoms with Gasteiger partial charge in [-0.1, -0.05) is 6.08 Å². The van der Waals surface area contributed by atoms with Gasteiger partial charge in [-0.3, -0.25) is 0 Å². The Bertz CT molecular complexity index is 120. The monoisotopic (exact) mass is 112 g/mol. The minimum absolute atomic E-state index is 0.313. The molecule has 1 heterocycles. The second-order valence-electron chi connectivity index (χ2n) is 1.24. The highest BCUT2D eigenvalue weighted by Gasteiger charge is 2.04. The molecule has 1 radical (unpaired) electrons. The van der Waals surface area contributed by atoms with Gasteiger partial charge in [0.1, 0.15) is 0 Å². The molecule has 8 heavy (non-hydrogen) atoms. The summed E-state index contributed by atoms with van der Waals surface area (Å²) < 4.78 is 4.73. The third-order valence-corrected chi connectivity index (χ3v) is 0.722. The molecule has 0 aromatic heterocycles. The van der Waals surface area contributed by atoms with Gasteiger partial charge in [0.05, 0.1) is 6.26 Å². The van der Waals surface area contributed by atoms with Gasteiger partial charge in [-0.05, 0) is 12.2 Å². The van der Waals surface area contributed by atoms with E-state index in [2.05, 4.69) is 4.84 Å². The van der Waals surface area contributed by atoms with E-state index in [1.165, 1.54) is 6.26 Å². The minimum Gasteiger partial charge on any atom is -0.459 e. The zero-order valence-corrected chi connectivity index (χ0v) is 4.20. The van der Waals surface area contributed by atoms with Gasteiger partial charge in [-0.15, -0.1) is 0 Å². The van der Waals surface area contributed by atoms with E-state index in [-0.39, 0.29) is 0 Å². The lowest BCUT2D eigenvalue weighted by Gasteiger charge is -2.07. The number of ether oxygens (including phenoxy) is 1. The zero-order chi connectivity index (χ0) is 5.82. The van der Waals surface area contributed by atoms with Gasteiger partial charge in [-0.2, -0.15) is 0 Å². The summed E-state index contributed by atoms with van der Waals surface area (Å²) in [5.74, 6) is 4.76. The topological polar surface area (TPSA) is 44.5 Å². The highest BCUT2D eigenvalue weighted by Crippen LogP contribution is 2.07. The van der Waals surface area contributed by atoms with Crippen molar-refractivity contribution in [2.24, 2.45) is 5.90 Å². The van der Waals surface area contributed by atoms with Crippen molar-refractivity contribution < 1.29 is 9.57 Å². The Morgan fingerprint density at radius 1 is 1.50 bits per heavy atom. The van der Waals surface area contributed by atoms with Crippen LogP contribution in [-0.4, -0.2) is 0 Å². The molecule has 0 aromatic rings. The van der Waals surface area contributed by atoms with E-state index in [0.717, 1.165) is 0 Å². The Morgan fingerprint density at radius 3 is 2.75 bits per heavy atom. The first-order valence-electron chi connectivity index (χ1n) is 2.17. The van der Waals surface area contributed by atoms with Crippen LogP contribution in [0.25, 0.3) is 0 Å². The minimum atomic E-state index is 0.313. The molecule has 0 aliphatic carbocycles. The summed E-state index contributed by atoms with van der Waals surface area (Å²) in [6.07, 6.45) is 6.93. The Labute approximate surface area is 47.3 Å². The smallest absolute Gasteiger partial charge is 0.317 e. The first-order valence-corrected chi connectivity index (χ1v) is 2.17. The van der Waals surface area contributed by atoms with E-state index in [0.29, 0.717) is 6.29 Å². The molecule has 0 spiro atoms. The van der Waals surface area contributed by atoms with Crippen molar-refractivity contribution in [2.45, 2.75) is 0 Å². The van der Waals surface area contributed by atoms with E-state index in [9.17, 15) is 0 Å². The molecule has 2 N–H and O–H groups in total. The fourth-order valence-corrected chi connectivity index (χ4v) is 0.392. The van der Waals surface area contributed by atoms with Crippen LogP contribution < -0.4 is 5.90 Å². The van der Waals surface area contributed by atoms with Crippen LogP contribution in [-0.2, 0) is 9.57 Å². The SMILES string of the molecule is NO[C]1C=CC=CO1. The second-order valence-corrected chi connectivity index (χ2v) is 1.24. The Kier molecular flexibility index (Phi) is 1.66. The van der Waals surface area contributed by atoms with Crippen LogP contribution in [0, 0.1) is 6.29 Å². The molecule has 1 aliphatic heterocycles. The molecule has 3 nitrogen and oxygen atoms in total. The maximum Gasteiger partial charge on any atom is 0.317 e. The van der Waals surface area contributed by atoms with Crippen molar-refractivity contribution in [3.05, 3.63) is 30.8 Å². The van der Waals surface area contributed by atoms with Gasteiger partial charge in [0.15, 0.2) is 0 Å². The first-order chi connectivity index (χ1) is 3.93. The van der Waals surface area contributed by atoms with Crippen molar-refractivity contribution in [3.8, 4) is 0 Å². The van der Waals surface area contributed by atoms with E-state index in [1.54, 1.807) is 18.2 Å². The summed E-state index contributed by atoms with van der Waals surface area (Å²) in [6, 6.07) is 0. The number of hydrogen-bond acceptors (Lipinski definition) is 3. The Hall–Kier alpha value is -0.800. The molecule has 0 aromatic carbocycles. The molecule has 0 unspecified atom stereocenters. The van der Waals surface area contributed by atoms with Crippen molar-refractivity contribution in [2.75, 3.05) is 0 Å². The van der Waals surface area contributed by atoms with Crippen LogP contribution in [0.5, 0.6) is 0 Å². The average Bonchev–Trinajstić information content (AvgIpc) is 1.90. The van der Waals surface area contributed by atoms with E-state index < -0.39 is 0 Å². The summed E-state index contributed by atoms with van der Waals surface area (Å²) in [6.45, 7) is 0. The van der Waals surface area contributed by atoms with Crippen LogP contribution in [0.2, 0.25) is 0 Å². The van der Waals surface area contributed by atoms with Crippen molar-refractivity contribution in [3.63, 3.8) is 0 Å². The second kappa shape index (κ2) is 2.49. The number of rotatable bonds is 1. The lowest BCUT2D eigenvalue weighted by Crippen LogP contribution is -2.08. The maximum atomic E-state index is 4.76. The Morgan fingerprint density at radius 2 is 2.38 bits per heavy atom. The normalized spacial score (nSPS) is 18.6. The fraction of sp³-hybridized carbons (Fsp3) is 0. The Balaban J connectivity index is 2.40. The molecule has 0 saturated heterocycles. The predicted octanol–water partition coefficient (Wildman–Crippen LogP) is 0.466. The summed E-state index contributed by atoms with van der Waals surface area (Å²) in [5.41, 5.74) is 0. The summed E-state index contributed by atoms with van der Waals surface area (Å²) >= 11 is 0. The molecule has 0 fully saturated rings. The van der Waals surface area contributed by atoms with E-state index in [4.69, 9.17) is 10.6 Å². The fourth-order valence-electron chi connectivity index (χ4n) is 0.392. The molecule has 0 saturated carbocycles. The molecular weight excluding hydrogens is 106 g/mol.